The van der Waals surface area contributed by atoms with Crippen LogP contribution in [0.1, 0.15) is 56.3 Å². The summed E-state index contributed by atoms with van der Waals surface area (Å²) in [5, 5.41) is 0. The molecule has 1 amide bonds. The number of rotatable bonds is 5. The van der Waals surface area contributed by atoms with E-state index in [2.05, 4.69) is 11.9 Å². The summed E-state index contributed by atoms with van der Waals surface area (Å²) in [6.45, 7) is 6.36. The molecule has 0 N–H and O–H groups in total. The number of amides is 1. The van der Waals surface area contributed by atoms with E-state index < -0.39 is 0 Å². The van der Waals surface area contributed by atoms with Crippen molar-refractivity contribution in [1.29, 1.82) is 0 Å². The lowest BCUT2D eigenvalue weighted by Gasteiger charge is -2.21. The minimum absolute atomic E-state index is 0.0590. The first-order valence-corrected chi connectivity index (χ1v) is 8.13. The third kappa shape index (κ3) is 4.19. The highest BCUT2D eigenvalue weighted by molar-refractivity contribution is 5.96. The van der Waals surface area contributed by atoms with Gasteiger partial charge in [0, 0.05) is 19.3 Å². The van der Waals surface area contributed by atoms with Gasteiger partial charge in [-0.3, -0.25) is 4.79 Å². The fourth-order valence-electron chi connectivity index (χ4n) is 3.04. The number of carbonyl (C=O) groups excluding carboxylic acids is 1. The zero-order chi connectivity index (χ0) is 15.1. The Morgan fingerprint density at radius 1 is 1.38 bits per heavy atom. The summed E-state index contributed by atoms with van der Waals surface area (Å²) in [7, 11) is 0. The van der Waals surface area contributed by atoms with Crippen LogP contribution in [-0.2, 0) is 0 Å². The maximum atomic E-state index is 12.7. The van der Waals surface area contributed by atoms with Gasteiger partial charge in [0.05, 0.1) is 6.61 Å². The molecular formula is C17H26N2O2. The molecule has 4 nitrogen and oxygen atoms in total. The molecule has 0 bridgehead atoms. The first kappa shape index (κ1) is 15.8. The molecule has 116 valence electrons. The van der Waals surface area contributed by atoms with Crippen molar-refractivity contribution in [1.82, 2.24) is 9.88 Å². The summed E-state index contributed by atoms with van der Waals surface area (Å²) in [5.41, 5.74) is 0.591. The molecule has 1 aliphatic heterocycles. The van der Waals surface area contributed by atoms with Crippen LogP contribution < -0.4 is 4.74 Å². The maximum absolute atomic E-state index is 12.7. The normalized spacial score (nSPS) is 19.1. The van der Waals surface area contributed by atoms with Crippen molar-refractivity contribution in [2.75, 3.05) is 19.7 Å². The van der Waals surface area contributed by atoms with Gasteiger partial charge >= 0.3 is 0 Å². The summed E-state index contributed by atoms with van der Waals surface area (Å²) >= 11 is 0. The monoisotopic (exact) mass is 290 g/mol. The number of hydrogen-bond acceptors (Lipinski definition) is 3. The minimum atomic E-state index is 0.0590. The molecule has 1 aromatic heterocycles. The van der Waals surface area contributed by atoms with E-state index in [1.165, 1.54) is 19.3 Å². The fourth-order valence-corrected chi connectivity index (χ4v) is 3.04. The van der Waals surface area contributed by atoms with Crippen molar-refractivity contribution in [2.24, 2.45) is 5.92 Å². The summed E-state index contributed by atoms with van der Waals surface area (Å²) in [5.74, 6) is 1.29. The van der Waals surface area contributed by atoms with Crippen LogP contribution >= 0.6 is 0 Å². The average Bonchev–Trinajstić information content (AvgIpc) is 2.74. The average molecular weight is 290 g/mol. The molecule has 1 fully saturated rings. The Balaban J connectivity index is 2.06. The second-order valence-corrected chi connectivity index (χ2v) is 5.67. The number of likely N-dealkylation sites (tertiary alicyclic amines) is 1. The molecule has 21 heavy (non-hydrogen) atoms. The van der Waals surface area contributed by atoms with Crippen molar-refractivity contribution in [2.45, 2.75) is 46.0 Å². The third-order valence-corrected chi connectivity index (χ3v) is 4.11. The molecule has 0 aromatic carbocycles. The Bertz CT molecular complexity index is 462. The Morgan fingerprint density at radius 3 is 3.00 bits per heavy atom. The molecule has 0 spiro atoms. The molecule has 1 aliphatic rings. The molecule has 1 saturated heterocycles. The minimum Gasteiger partial charge on any atom is -0.477 e. The van der Waals surface area contributed by atoms with Crippen LogP contribution in [0.15, 0.2) is 18.3 Å². The second-order valence-electron chi connectivity index (χ2n) is 5.67. The SMILES string of the molecule is CCC[C@@H]1CCCN(C(=O)c2cccnc2OCC)CC1. The largest absolute Gasteiger partial charge is 0.477 e. The molecule has 4 heteroatoms. The molecule has 2 heterocycles. The van der Waals surface area contributed by atoms with Crippen LogP contribution in [0.25, 0.3) is 0 Å². The molecule has 1 aromatic rings. The summed E-state index contributed by atoms with van der Waals surface area (Å²) in [4.78, 5) is 18.9. The molecule has 0 saturated carbocycles. The third-order valence-electron chi connectivity index (χ3n) is 4.11. The van der Waals surface area contributed by atoms with Crippen LogP contribution in [0.2, 0.25) is 0 Å². The molecule has 0 radical (unpaired) electrons. The second kappa shape index (κ2) is 8.01. The van der Waals surface area contributed by atoms with Crippen LogP contribution in [0.3, 0.4) is 0 Å². The molecule has 1 atom stereocenters. The number of aromatic nitrogens is 1. The maximum Gasteiger partial charge on any atom is 0.259 e. The topological polar surface area (TPSA) is 42.4 Å². The number of pyridine rings is 1. The van der Waals surface area contributed by atoms with Crippen LogP contribution in [0, 0.1) is 5.92 Å². The fraction of sp³-hybridized carbons (Fsp3) is 0.647. The van der Waals surface area contributed by atoms with Crippen molar-refractivity contribution in [3.05, 3.63) is 23.9 Å². The summed E-state index contributed by atoms with van der Waals surface area (Å²) in [6, 6.07) is 3.61. The van der Waals surface area contributed by atoms with E-state index in [0.717, 1.165) is 31.8 Å². The highest BCUT2D eigenvalue weighted by Crippen LogP contribution is 2.24. The van der Waals surface area contributed by atoms with Gasteiger partial charge in [0.1, 0.15) is 5.56 Å². The van der Waals surface area contributed by atoms with Crippen molar-refractivity contribution < 1.29 is 9.53 Å². The summed E-state index contributed by atoms with van der Waals surface area (Å²) in [6.07, 6.45) is 7.63. The Morgan fingerprint density at radius 2 is 2.24 bits per heavy atom. The number of carbonyl (C=O) groups is 1. The van der Waals surface area contributed by atoms with E-state index >= 15 is 0 Å². The van der Waals surface area contributed by atoms with E-state index in [0.29, 0.717) is 18.1 Å². The highest BCUT2D eigenvalue weighted by Gasteiger charge is 2.23. The molecule has 2 rings (SSSR count). The lowest BCUT2D eigenvalue weighted by Crippen LogP contribution is -2.32. The first-order valence-electron chi connectivity index (χ1n) is 8.13. The predicted molar refractivity (Wildman–Crippen MR) is 83.6 cm³/mol. The number of hydrogen-bond donors (Lipinski definition) is 0. The lowest BCUT2D eigenvalue weighted by molar-refractivity contribution is 0.0754. The number of nitrogens with zero attached hydrogens (tertiary/aromatic N) is 2. The van der Waals surface area contributed by atoms with E-state index in [9.17, 15) is 4.79 Å². The Hall–Kier alpha value is -1.58. The van der Waals surface area contributed by atoms with Gasteiger partial charge in [-0.25, -0.2) is 4.98 Å². The van der Waals surface area contributed by atoms with Gasteiger partial charge in [0.15, 0.2) is 0 Å². The first-order chi connectivity index (χ1) is 10.3. The van der Waals surface area contributed by atoms with E-state index in [1.54, 1.807) is 12.3 Å². The highest BCUT2D eigenvalue weighted by atomic mass is 16.5. The molecule has 0 unspecified atom stereocenters. The van der Waals surface area contributed by atoms with Crippen molar-refractivity contribution in [3.8, 4) is 5.88 Å². The van der Waals surface area contributed by atoms with E-state index in [1.807, 2.05) is 17.9 Å². The van der Waals surface area contributed by atoms with E-state index in [-0.39, 0.29) is 5.91 Å². The Kier molecular flexibility index (Phi) is 6.03. The van der Waals surface area contributed by atoms with Gasteiger partial charge in [0.2, 0.25) is 5.88 Å². The van der Waals surface area contributed by atoms with Crippen LogP contribution in [0.5, 0.6) is 5.88 Å². The standard InChI is InChI=1S/C17H26N2O2/c1-3-7-14-8-6-12-19(13-10-14)17(20)15-9-5-11-18-16(15)21-4-2/h5,9,11,14H,3-4,6-8,10,12-13H2,1-2H3/t14-/m1/s1. The van der Waals surface area contributed by atoms with E-state index in [4.69, 9.17) is 4.74 Å². The van der Waals surface area contributed by atoms with Gasteiger partial charge < -0.3 is 9.64 Å². The zero-order valence-corrected chi connectivity index (χ0v) is 13.2. The van der Waals surface area contributed by atoms with Gasteiger partial charge in [-0.15, -0.1) is 0 Å². The number of ether oxygens (including phenoxy) is 1. The van der Waals surface area contributed by atoms with Gasteiger partial charge in [-0.1, -0.05) is 19.8 Å². The quantitative estimate of drug-likeness (QED) is 0.833. The Labute approximate surface area is 127 Å². The van der Waals surface area contributed by atoms with Crippen LogP contribution in [-0.4, -0.2) is 35.5 Å². The predicted octanol–water partition coefficient (Wildman–Crippen LogP) is 3.52. The molecule has 0 aliphatic carbocycles. The summed E-state index contributed by atoms with van der Waals surface area (Å²) < 4.78 is 5.48. The van der Waals surface area contributed by atoms with Crippen LogP contribution in [0.4, 0.5) is 0 Å². The smallest absolute Gasteiger partial charge is 0.259 e. The lowest BCUT2D eigenvalue weighted by atomic mass is 9.96. The van der Waals surface area contributed by atoms with Gasteiger partial charge in [-0.05, 0) is 44.2 Å². The van der Waals surface area contributed by atoms with Crippen molar-refractivity contribution in [3.63, 3.8) is 0 Å². The zero-order valence-electron chi connectivity index (χ0n) is 13.2. The van der Waals surface area contributed by atoms with Gasteiger partial charge in [0.25, 0.3) is 5.91 Å². The van der Waals surface area contributed by atoms with Gasteiger partial charge in [-0.2, -0.15) is 0 Å². The van der Waals surface area contributed by atoms with Crippen molar-refractivity contribution >= 4 is 5.91 Å². The molecular weight excluding hydrogens is 264 g/mol.